The molecular formula is C11H19NO3. The third-order valence-electron chi connectivity index (χ3n) is 2.72. The van der Waals surface area contributed by atoms with Crippen LogP contribution in [0.2, 0.25) is 0 Å². The van der Waals surface area contributed by atoms with Crippen molar-refractivity contribution in [2.24, 2.45) is 0 Å². The van der Waals surface area contributed by atoms with Gasteiger partial charge in [-0.2, -0.15) is 0 Å². The zero-order valence-electron chi connectivity index (χ0n) is 9.58. The van der Waals surface area contributed by atoms with E-state index in [1.807, 2.05) is 20.8 Å². The van der Waals surface area contributed by atoms with Crippen LogP contribution in [0.1, 0.15) is 40.0 Å². The summed E-state index contributed by atoms with van der Waals surface area (Å²) in [5.74, 6) is 0. The number of nitrogens with one attached hydrogen (secondary N) is 1. The van der Waals surface area contributed by atoms with Crippen molar-refractivity contribution in [3.8, 4) is 0 Å². The van der Waals surface area contributed by atoms with Crippen molar-refractivity contribution in [2.45, 2.75) is 63.9 Å². The van der Waals surface area contributed by atoms with E-state index in [1.54, 1.807) is 0 Å². The molecule has 2 fully saturated rings. The first-order chi connectivity index (χ1) is 6.94. The molecule has 0 bridgehead atoms. The molecule has 15 heavy (non-hydrogen) atoms. The van der Waals surface area contributed by atoms with Crippen LogP contribution in [0.15, 0.2) is 0 Å². The molecule has 0 aromatic heterocycles. The molecule has 0 unspecified atom stereocenters. The summed E-state index contributed by atoms with van der Waals surface area (Å²) in [4.78, 5) is 11.5. The van der Waals surface area contributed by atoms with Crippen LogP contribution >= 0.6 is 0 Å². The third kappa shape index (κ3) is 3.09. The van der Waals surface area contributed by atoms with E-state index in [-0.39, 0.29) is 12.1 Å². The smallest absolute Gasteiger partial charge is 0.407 e. The molecule has 4 heteroatoms. The van der Waals surface area contributed by atoms with Crippen LogP contribution < -0.4 is 5.32 Å². The highest BCUT2D eigenvalue weighted by Crippen LogP contribution is 2.36. The van der Waals surface area contributed by atoms with E-state index >= 15 is 0 Å². The van der Waals surface area contributed by atoms with Crippen LogP contribution in [0.3, 0.4) is 0 Å². The third-order valence-corrected chi connectivity index (χ3v) is 2.72. The Labute approximate surface area is 90.3 Å². The van der Waals surface area contributed by atoms with Gasteiger partial charge in [-0.1, -0.05) is 0 Å². The predicted octanol–water partition coefficient (Wildman–Crippen LogP) is 1.83. The molecule has 0 spiro atoms. The molecule has 1 heterocycles. The van der Waals surface area contributed by atoms with Crippen molar-refractivity contribution >= 4 is 6.09 Å². The van der Waals surface area contributed by atoms with Crippen LogP contribution in [-0.4, -0.2) is 29.9 Å². The normalized spacial score (nSPS) is 34.2. The van der Waals surface area contributed by atoms with Crippen LogP contribution in [0, 0.1) is 0 Å². The Morgan fingerprint density at radius 3 is 2.67 bits per heavy atom. The number of hydrogen-bond acceptors (Lipinski definition) is 3. The van der Waals surface area contributed by atoms with Gasteiger partial charge in [0.25, 0.3) is 0 Å². The summed E-state index contributed by atoms with van der Waals surface area (Å²) in [6, 6.07) is 0.226. The molecule has 2 aliphatic rings. The van der Waals surface area contributed by atoms with Gasteiger partial charge in [0.15, 0.2) is 0 Å². The summed E-state index contributed by atoms with van der Waals surface area (Å²) in [7, 11) is 0. The number of carbonyl (C=O) groups is 1. The molecule has 0 aromatic carbocycles. The Hall–Kier alpha value is -0.770. The van der Waals surface area contributed by atoms with E-state index in [0.717, 1.165) is 19.3 Å². The highest BCUT2D eigenvalue weighted by Gasteiger charge is 2.44. The maximum atomic E-state index is 11.5. The minimum absolute atomic E-state index is 0.226. The van der Waals surface area contributed by atoms with Crippen LogP contribution in [-0.2, 0) is 9.47 Å². The predicted molar refractivity (Wildman–Crippen MR) is 55.7 cm³/mol. The van der Waals surface area contributed by atoms with Gasteiger partial charge in [0.2, 0.25) is 0 Å². The lowest BCUT2D eigenvalue weighted by molar-refractivity contribution is 0.0495. The Balaban J connectivity index is 1.74. The fraction of sp³-hybridized carbons (Fsp3) is 0.909. The van der Waals surface area contributed by atoms with Gasteiger partial charge in [0.05, 0.1) is 12.2 Å². The van der Waals surface area contributed by atoms with Crippen LogP contribution in [0.5, 0.6) is 0 Å². The van der Waals surface area contributed by atoms with Crippen molar-refractivity contribution in [3.05, 3.63) is 0 Å². The topological polar surface area (TPSA) is 50.9 Å². The second-order valence-electron chi connectivity index (χ2n) is 5.37. The molecule has 1 aliphatic carbocycles. The molecule has 1 aliphatic heterocycles. The molecule has 1 saturated carbocycles. The zero-order chi connectivity index (χ0) is 11.1. The number of fused-ring (bicyclic) bond motifs is 1. The molecule has 4 nitrogen and oxygen atoms in total. The summed E-state index contributed by atoms with van der Waals surface area (Å²) in [6.07, 6.45) is 3.54. The summed E-state index contributed by atoms with van der Waals surface area (Å²) in [5.41, 5.74) is -0.419. The SMILES string of the molecule is CC(C)(C)OC(=O)N[C@H]1CC[C@H]2O[C@H]2C1. The summed E-state index contributed by atoms with van der Waals surface area (Å²) >= 11 is 0. The standard InChI is InChI=1S/C11H19NO3/c1-11(2,3)15-10(13)12-7-4-5-8-9(6-7)14-8/h7-9H,4-6H2,1-3H3,(H,12,13)/t7-,8+,9-/m0/s1. The maximum absolute atomic E-state index is 11.5. The average molecular weight is 213 g/mol. The Kier molecular flexibility index (Phi) is 2.63. The Morgan fingerprint density at radius 1 is 1.33 bits per heavy atom. The van der Waals surface area contributed by atoms with Gasteiger partial charge < -0.3 is 14.8 Å². The van der Waals surface area contributed by atoms with Gasteiger partial charge in [-0.25, -0.2) is 4.79 Å². The first-order valence-electron chi connectivity index (χ1n) is 5.59. The summed E-state index contributed by atoms with van der Waals surface area (Å²) in [6.45, 7) is 5.61. The molecule has 3 atom stereocenters. The van der Waals surface area contributed by atoms with E-state index in [9.17, 15) is 4.79 Å². The van der Waals surface area contributed by atoms with E-state index in [1.165, 1.54) is 0 Å². The molecule has 86 valence electrons. The van der Waals surface area contributed by atoms with Crippen molar-refractivity contribution in [1.29, 1.82) is 0 Å². The summed E-state index contributed by atoms with van der Waals surface area (Å²) < 4.78 is 10.6. The number of carbonyl (C=O) groups excluding carboxylic acids is 1. The van der Waals surface area contributed by atoms with Gasteiger partial charge in [0.1, 0.15) is 5.60 Å². The molecule has 1 amide bonds. The van der Waals surface area contributed by atoms with Crippen molar-refractivity contribution in [2.75, 3.05) is 0 Å². The fourth-order valence-corrected chi connectivity index (χ4v) is 2.01. The number of amides is 1. The molecule has 0 radical (unpaired) electrons. The molecule has 0 aromatic rings. The lowest BCUT2D eigenvalue weighted by Crippen LogP contribution is -2.41. The van der Waals surface area contributed by atoms with Crippen LogP contribution in [0.25, 0.3) is 0 Å². The highest BCUT2D eigenvalue weighted by atomic mass is 16.6. The van der Waals surface area contributed by atoms with Gasteiger partial charge in [0, 0.05) is 6.04 Å². The first kappa shape index (κ1) is 10.7. The molecule has 1 saturated heterocycles. The average Bonchev–Trinajstić information content (AvgIpc) is 2.77. The van der Waals surface area contributed by atoms with E-state index in [0.29, 0.717) is 12.2 Å². The number of epoxide rings is 1. The molecular weight excluding hydrogens is 194 g/mol. The lowest BCUT2D eigenvalue weighted by atomic mass is 9.96. The number of ether oxygens (including phenoxy) is 2. The Morgan fingerprint density at radius 2 is 2.07 bits per heavy atom. The van der Waals surface area contributed by atoms with E-state index in [2.05, 4.69) is 5.32 Å². The minimum atomic E-state index is -0.419. The Bertz CT molecular complexity index is 259. The molecule has 2 rings (SSSR count). The van der Waals surface area contributed by atoms with Crippen molar-refractivity contribution < 1.29 is 14.3 Å². The van der Waals surface area contributed by atoms with Gasteiger partial charge in [-0.3, -0.25) is 0 Å². The monoisotopic (exact) mass is 213 g/mol. The molecule has 1 N–H and O–H groups in total. The second kappa shape index (κ2) is 3.67. The van der Waals surface area contributed by atoms with Gasteiger partial charge >= 0.3 is 6.09 Å². The van der Waals surface area contributed by atoms with Crippen LogP contribution in [0.4, 0.5) is 4.79 Å². The van der Waals surface area contributed by atoms with Crippen molar-refractivity contribution in [1.82, 2.24) is 5.32 Å². The summed E-state index contributed by atoms with van der Waals surface area (Å²) in [5, 5.41) is 2.89. The quantitative estimate of drug-likeness (QED) is 0.676. The van der Waals surface area contributed by atoms with Gasteiger partial charge in [-0.15, -0.1) is 0 Å². The van der Waals surface area contributed by atoms with E-state index in [4.69, 9.17) is 9.47 Å². The first-order valence-corrected chi connectivity index (χ1v) is 5.59. The highest BCUT2D eigenvalue weighted by molar-refractivity contribution is 5.68. The zero-order valence-corrected chi connectivity index (χ0v) is 9.58. The fourth-order valence-electron chi connectivity index (χ4n) is 2.01. The largest absolute Gasteiger partial charge is 0.444 e. The maximum Gasteiger partial charge on any atom is 0.407 e. The number of alkyl carbamates (subject to hydrolysis) is 1. The van der Waals surface area contributed by atoms with Gasteiger partial charge in [-0.05, 0) is 40.0 Å². The number of hydrogen-bond donors (Lipinski definition) is 1. The van der Waals surface area contributed by atoms with Crippen molar-refractivity contribution in [3.63, 3.8) is 0 Å². The minimum Gasteiger partial charge on any atom is -0.444 e. The van der Waals surface area contributed by atoms with E-state index < -0.39 is 5.60 Å². The number of rotatable bonds is 1. The lowest BCUT2D eigenvalue weighted by Gasteiger charge is -2.24. The second-order valence-corrected chi connectivity index (χ2v) is 5.37.